The van der Waals surface area contributed by atoms with E-state index < -0.39 is 5.97 Å². The van der Waals surface area contributed by atoms with E-state index >= 15 is 0 Å². The molecule has 25 heavy (non-hydrogen) atoms. The highest BCUT2D eigenvalue weighted by Gasteiger charge is 2.43. The molecule has 1 N–H and O–H groups in total. The topological polar surface area (TPSA) is 37.3 Å². The van der Waals surface area contributed by atoms with Gasteiger partial charge in [0.1, 0.15) is 0 Å². The van der Waals surface area contributed by atoms with Gasteiger partial charge >= 0.3 is 5.97 Å². The summed E-state index contributed by atoms with van der Waals surface area (Å²) in [7, 11) is 0. The Morgan fingerprint density at radius 1 is 1.00 bits per heavy atom. The summed E-state index contributed by atoms with van der Waals surface area (Å²) in [6, 6.07) is 0. The zero-order chi connectivity index (χ0) is 17.0. The third-order valence-electron chi connectivity index (χ3n) is 7.47. The minimum Gasteiger partial charge on any atom is -0.481 e. The highest BCUT2D eigenvalue weighted by atomic mass is 16.4. The molecule has 0 amide bonds. The van der Waals surface area contributed by atoms with E-state index in [1.165, 1.54) is 67.2 Å². The Morgan fingerprint density at radius 2 is 1.88 bits per heavy atom. The van der Waals surface area contributed by atoms with E-state index in [4.69, 9.17) is 0 Å². The first-order valence-electron chi connectivity index (χ1n) is 10.3. The molecule has 0 saturated heterocycles. The monoisotopic (exact) mass is 336 g/mol. The first-order chi connectivity index (χ1) is 12.2. The van der Waals surface area contributed by atoms with Crippen molar-refractivity contribution in [2.45, 2.75) is 64.2 Å². The molecule has 4 unspecified atom stereocenters. The van der Waals surface area contributed by atoms with Gasteiger partial charge < -0.3 is 5.11 Å². The molecule has 0 aromatic carbocycles. The van der Waals surface area contributed by atoms with Crippen LogP contribution in [0.1, 0.15) is 64.2 Å². The van der Waals surface area contributed by atoms with Gasteiger partial charge in [-0.05, 0) is 91.9 Å². The van der Waals surface area contributed by atoms with Crippen LogP contribution in [0.15, 0.2) is 46.1 Å². The first kappa shape index (κ1) is 15.7. The largest absolute Gasteiger partial charge is 0.481 e. The second-order valence-electron chi connectivity index (χ2n) is 8.67. The number of hydrogen-bond donors (Lipinski definition) is 1. The maximum Gasteiger partial charge on any atom is 0.310 e. The number of aliphatic carboxylic acids is 1. The molecule has 0 bridgehead atoms. The minimum absolute atomic E-state index is 0.263. The second-order valence-corrected chi connectivity index (χ2v) is 8.67. The number of carbonyl (C=O) groups is 1. The molecule has 0 aromatic rings. The third-order valence-corrected chi connectivity index (χ3v) is 7.47. The molecular formula is C23H28O2. The smallest absolute Gasteiger partial charge is 0.310 e. The molecule has 2 heteroatoms. The molecule has 1 saturated carbocycles. The predicted octanol–water partition coefficient (Wildman–Crippen LogP) is 5.58. The maximum absolute atomic E-state index is 12.1. The van der Waals surface area contributed by atoms with Crippen LogP contribution in [0.3, 0.4) is 0 Å². The zero-order valence-corrected chi connectivity index (χ0v) is 15.0. The van der Waals surface area contributed by atoms with Gasteiger partial charge in [-0.1, -0.05) is 30.2 Å². The van der Waals surface area contributed by atoms with Gasteiger partial charge in [-0.2, -0.15) is 0 Å². The Bertz CT molecular complexity index is 733. The van der Waals surface area contributed by atoms with Crippen LogP contribution >= 0.6 is 0 Å². The van der Waals surface area contributed by atoms with E-state index in [1.807, 2.05) is 0 Å². The van der Waals surface area contributed by atoms with E-state index in [0.717, 1.165) is 25.2 Å². The van der Waals surface area contributed by atoms with Crippen LogP contribution in [-0.2, 0) is 4.79 Å². The van der Waals surface area contributed by atoms with Crippen LogP contribution in [0, 0.1) is 23.7 Å². The lowest BCUT2D eigenvalue weighted by Gasteiger charge is -2.44. The standard InChI is InChI=1S/C23H28O2/c24-23(25)21-13-15-6-2-4-8-17(15)19-12-11-18-16-7-3-1-5-14(16)9-10-20(18)22(19)21/h8,11-12,14-15,20-21H,1-7,9-10,13H2,(H,24,25). The van der Waals surface area contributed by atoms with Gasteiger partial charge in [0.05, 0.1) is 5.92 Å². The van der Waals surface area contributed by atoms with Crippen molar-refractivity contribution in [3.8, 4) is 0 Å². The summed E-state index contributed by atoms with van der Waals surface area (Å²) in [6.45, 7) is 0. The lowest BCUT2D eigenvalue weighted by Crippen LogP contribution is -2.35. The molecule has 0 heterocycles. The Morgan fingerprint density at radius 3 is 2.76 bits per heavy atom. The molecule has 0 radical (unpaired) electrons. The van der Waals surface area contributed by atoms with Crippen LogP contribution in [-0.4, -0.2) is 11.1 Å². The van der Waals surface area contributed by atoms with Gasteiger partial charge in [0.15, 0.2) is 0 Å². The zero-order valence-electron chi connectivity index (χ0n) is 15.0. The number of hydrogen-bond acceptors (Lipinski definition) is 1. The van der Waals surface area contributed by atoms with E-state index in [2.05, 4.69) is 18.2 Å². The van der Waals surface area contributed by atoms with Crippen LogP contribution in [0.2, 0.25) is 0 Å². The SMILES string of the molecule is O=C(O)C1CC2CCCC=C2C2=C1C1CCC3CCCCC3=C1C=C2. The Hall–Kier alpha value is -1.57. The summed E-state index contributed by atoms with van der Waals surface area (Å²) in [6.07, 6.45) is 19.2. The van der Waals surface area contributed by atoms with Gasteiger partial charge in [0.2, 0.25) is 0 Å². The van der Waals surface area contributed by atoms with Gasteiger partial charge in [0, 0.05) is 5.92 Å². The Balaban J connectivity index is 1.64. The molecule has 0 aliphatic heterocycles. The number of allylic oxidation sites excluding steroid dienone is 7. The van der Waals surface area contributed by atoms with E-state index in [0.29, 0.717) is 11.8 Å². The number of fused-ring (bicyclic) bond motifs is 5. The van der Waals surface area contributed by atoms with Crippen LogP contribution in [0.4, 0.5) is 0 Å². The highest BCUT2D eigenvalue weighted by Crippen LogP contribution is 2.54. The van der Waals surface area contributed by atoms with Gasteiger partial charge in [-0.15, -0.1) is 0 Å². The van der Waals surface area contributed by atoms with E-state index in [9.17, 15) is 9.90 Å². The fraction of sp³-hybridized carbons (Fsp3) is 0.609. The molecular weight excluding hydrogens is 308 g/mol. The van der Waals surface area contributed by atoms with E-state index in [1.54, 1.807) is 5.57 Å². The molecule has 5 rings (SSSR count). The van der Waals surface area contributed by atoms with Crippen molar-refractivity contribution >= 4 is 5.97 Å². The Kier molecular flexibility index (Phi) is 3.76. The van der Waals surface area contributed by atoms with Crippen molar-refractivity contribution in [1.82, 2.24) is 0 Å². The molecule has 132 valence electrons. The quantitative estimate of drug-likeness (QED) is 0.678. The third kappa shape index (κ3) is 2.40. The van der Waals surface area contributed by atoms with Gasteiger partial charge in [-0.3, -0.25) is 4.79 Å². The Labute approximate surface area is 150 Å². The number of carboxylic acid groups (broad SMARTS) is 1. The average Bonchev–Trinajstić information content (AvgIpc) is 2.66. The van der Waals surface area contributed by atoms with Crippen molar-refractivity contribution in [3.63, 3.8) is 0 Å². The summed E-state index contributed by atoms with van der Waals surface area (Å²) in [5.74, 6) is 0.775. The molecule has 2 nitrogen and oxygen atoms in total. The van der Waals surface area contributed by atoms with Crippen LogP contribution in [0.25, 0.3) is 0 Å². The number of rotatable bonds is 1. The van der Waals surface area contributed by atoms with Crippen LogP contribution in [0.5, 0.6) is 0 Å². The molecule has 5 aliphatic rings. The molecule has 1 fully saturated rings. The van der Waals surface area contributed by atoms with Crippen LogP contribution < -0.4 is 0 Å². The van der Waals surface area contributed by atoms with Crippen molar-refractivity contribution < 1.29 is 9.90 Å². The average molecular weight is 336 g/mol. The summed E-state index contributed by atoms with van der Waals surface area (Å²) >= 11 is 0. The number of carboxylic acids is 1. The highest BCUT2D eigenvalue weighted by molar-refractivity contribution is 5.77. The van der Waals surface area contributed by atoms with Crippen molar-refractivity contribution in [1.29, 1.82) is 0 Å². The normalized spacial score (nSPS) is 36.9. The van der Waals surface area contributed by atoms with Crippen molar-refractivity contribution in [2.75, 3.05) is 0 Å². The molecule has 0 spiro atoms. The fourth-order valence-corrected chi connectivity index (χ4v) is 6.39. The molecule has 4 atom stereocenters. The van der Waals surface area contributed by atoms with E-state index in [-0.39, 0.29) is 5.92 Å². The fourth-order valence-electron chi connectivity index (χ4n) is 6.39. The van der Waals surface area contributed by atoms with Gasteiger partial charge in [-0.25, -0.2) is 0 Å². The lowest BCUT2D eigenvalue weighted by atomic mass is 9.60. The predicted molar refractivity (Wildman–Crippen MR) is 99.0 cm³/mol. The van der Waals surface area contributed by atoms with Crippen molar-refractivity contribution in [3.05, 3.63) is 46.1 Å². The van der Waals surface area contributed by atoms with Gasteiger partial charge in [0.25, 0.3) is 0 Å². The van der Waals surface area contributed by atoms with Crippen molar-refractivity contribution in [2.24, 2.45) is 23.7 Å². The summed E-state index contributed by atoms with van der Waals surface area (Å²) in [5, 5.41) is 10.00. The summed E-state index contributed by atoms with van der Waals surface area (Å²) < 4.78 is 0. The first-order valence-corrected chi connectivity index (χ1v) is 10.3. The second kappa shape index (κ2) is 6.00. The molecule has 0 aromatic heterocycles. The summed E-state index contributed by atoms with van der Waals surface area (Å²) in [4.78, 5) is 12.1. The minimum atomic E-state index is -0.595. The summed E-state index contributed by atoms with van der Waals surface area (Å²) in [5.41, 5.74) is 7.24. The lowest BCUT2D eigenvalue weighted by molar-refractivity contribution is -0.141. The maximum atomic E-state index is 12.1. The molecule has 5 aliphatic carbocycles.